The number of hydrogen-bond acceptors (Lipinski definition) is 6. The number of ether oxygens (including phenoxy) is 2. The molecular weight excluding hydrogens is 389 g/mol. The second-order valence-corrected chi connectivity index (χ2v) is 7.31. The highest BCUT2D eigenvalue weighted by Gasteiger charge is 2.49. The molecule has 0 radical (unpaired) electrons. The molecular formula is C17H23F3O6S. The average Bonchev–Trinajstić information content (AvgIpc) is 2.59. The lowest BCUT2D eigenvalue weighted by atomic mass is 10.1. The molecule has 6 nitrogen and oxygen atoms in total. The number of unbranched alkanes of at least 4 members (excludes halogenated alkanes) is 1. The van der Waals surface area contributed by atoms with Gasteiger partial charge in [0.15, 0.2) is 6.10 Å². The predicted molar refractivity (Wildman–Crippen MR) is 91.6 cm³/mol. The standard InChI is InChI=1S/C17H23F3O6S/c1-3-4-11-25-14-9-5-7-13(12-14)8-6-10-15(16(21)24-2)26-27(22,23)17(18,19)20/h5,7,9,12,15H,3-4,6,8,10-11H2,1-2H3/t15-/m1/s1. The van der Waals surface area contributed by atoms with Gasteiger partial charge in [0, 0.05) is 0 Å². The number of rotatable bonds is 11. The number of halogens is 3. The van der Waals surface area contributed by atoms with Gasteiger partial charge in [-0.25, -0.2) is 8.98 Å². The van der Waals surface area contributed by atoms with Crippen LogP contribution in [0.25, 0.3) is 0 Å². The Morgan fingerprint density at radius 1 is 1.22 bits per heavy atom. The van der Waals surface area contributed by atoms with Crippen LogP contribution in [0.4, 0.5) is 13.2 Å². The Morgan fingerprint density at radius 2 is 1.93 bits per heavy atom. The maximum absolute atomic E-state index is 12.4. The largest absolute Gasteiger partial charge is 0.523 e. The zero-order chi connectivity index (χ0) is 20.5. The lowest BCUT2D eigenvalue weighted by molar-refractivity contribution is -0.149. The quantitative estimate of drug-likeness (QED) is 0.239. The van der Waals surface area contributed by atoms with Crippen LogP contribution >= 0.6 is 0 Å². The number of alkyl halides is 3. The molecule has 0 aliphatic heterocycles. The van der Waals surface area contributed by atoms with Crippen LogP contribution in [0.1, 0.15) is 38.2 Å². The Morgan fingerprint density at radius 3 is 2.52 bits per heavy atom. The summed E-state index contributed by atoms with van der Waals surface area (Å²) in [5, 5.41) is 0. The molecule has 0 aromatic heterocycles. The molecule has 154 valence electrons. The van der Waals surface area contributed by atoms with Crippen molar-refractivity contribution in [2.45, 2.75) is 50.6 Å². The molecule has 0 fully saturated rings. The Bertz CT molecular complexity index is 703. The summed E-state index contributed by atoms with van der Waals surface area (Å²) in [4.78, 5) is 11.6. The topological polar surface area (TPSA) is 78.9 Å². The maximum Gasteiger partial charge on any atom is 0.523 e. The summed E-state index contributed by atoms with van der Waals surface area (Å²) in [7, 11) is -4.95. The highest BCUT2D eigenvalue weighted by Crippen LogP contribution is 2.27. The van der Waals surface area contributed by atoms with E-state index in [4.69, 9.17) is 4.74 Å². The van der Waals surface area contributed by atoms with Crippen LogP contribution < -0.4 is 4.74 Å². The van der Waals surface area contributed by atoms with Crippen molar-refractivity contribution in [2.24, 2.45) is 0 Å². The van der Waals surface area contributed by atoms with Crippen LogP contribution in [0.5, 0.6) is 5.75 Å². The van der Waals surface area contributed by atoms with E-state index in [0.717, 1.165) is 25.5 Å². The number of hydrogen-bond donors (Lipinski definition) is 0. The number of methoxy groups -OCH3 is 1. The summed E-state index contributed by atoms with van der Waals surface area (Å²) in [6.07, 6.45) is 0.416. The zero-order valence-electron chi connectivity index (χ0n) is 15.1. The summed E-state index contributed by atoms with van der Waals surface area (Å²) in [5.41, 5.74) is -4.77. The van der Waals surface area contributed by atoms with Crippen molar-refractivity contribution in [1.29, 1.82) is 0 Å². The van der Waals surface area contributed by atoms with E-state index in [0.29, 0.717) is 18.8 Å². The molecule has 0 saturated heterocycles. The second-order valence-electron chi connectivity index (χ2n) is 5.75. The number of carbonyl (C=O) groups is 1. The minimum Gasteiger partial charge on any atom is -0.494 e. The summed E-state index contributed by atoms with van der Waals surface area (Å²) >= 11 is 0. The molecule has 0 heterocycles. The first kappa shape index (κ1) is 23.2. The molecule has 1 atom stereocenters. The normalized spacial score (nSPS) is 13.2. The van der Waals surface area contributed by atoms with E-state index in [9.17, 15) is 26.4 Å². The lowest BCUT2D eigenvalue weighted by Gasteiger charge is -2.16. The van der Waals surface area contributed by atoms with Gasteiger partial charge in [-0.3, -0.25) is 0 Å². The Balaban J connectivity index is 2.67. The van der Waals surface area contributed by atoms with Gasteiger partial charge in [-0.2, -0.15) is 21.6 Å². The highest BCUT2D eigenvalue weighted by atomic mass is 32.2. The minimum absolute atomic E-state index is 0.214. The van der Waals surface area contributed by atoms with E-state index in [1.165, 1.54) is 0 Å². The Hall–Kier alpha value is -1.81. The number of carbonyl (C=O) groups excluding carboxylic acids is 1. The fourth-order valence-electron chi connectivity index (χ4n) is 2.16. The molecule has 0 aliphatic rings. The van der Waals surface area contributed by atoms with Crippen molar-refractivity contribution < 1.29 is 40.0 Å². The highest BCUT2D eigenvalue weighted by molar-refractivity contribution is 7.87. The van der Waals surface area contributed by atoms with Gasteiger partial charge < -0.3 is 9.47 Å². The summed E-state index contributed by atoms with van der Waals surface area (Å²) in [6, 6.07) is 7.15. The van der Waals surface area contributed by atoms with E-state index in [-0.39, 0.29) is 12.8 Å². The SMILES string of the molecule is CCCCOc1cccc(CCC[C@@H](OS(=O)(=O)C(F)(F)F)C(=O)OC)c1. The van der Waals surface area contributed by atoms with E-state index >= 15 is 0 Å². The van der Waals surface area contributed by atoms with Crippen LogP contribution in [0.15, 0.2) is 24.3 Å². The molecule has 0 spiro atoms. The number of aryl methyl sites for hydroxylation is 1. The van der Waals surface area contributed by atoms with Gasteiger partial charge >= 0.3 is 21.6 Å². The third-order valence-electron chi connectivity index (χ3n) is 3.59. The Labute approximate surface area is 156 Å². The zero-order valence-corrected chi connectivity index (χ0v) is 15.9. The summed E-state index contributed by atoms with van der Waals surface area (Å²) in [6.45, 7) is 2.62. The predicted octanol–water partition coefficient (Wildman–Crippen LogP) is 3.60. The monoisotopic (exact) mass is 412 g/mol. The molecule has 1 aromatic rings. The molecule has 1 aromatic carbocycles. The third-order valence-corrected chi connectivity index (χ3v) is 4.64. The van der Waals surface area contributed by atoms with Crippen molar-refractivity contribution in [2.75, 3.05) is 13.7 Å². The van der Waals surface area contributed by atoms with Crippen LogP contribution in [0.2, 0.25) is 0 Å². The first-order valence-corrected chi connectivity index (χ1v) is 9.80. The molecule has 0 saturated carbocycles. The van der Waals surface area contributed by atoms with E-state index in [1.54, 1.807) is 24.3 Å². The van der Waals surface area contributed by atoms with Crippen LogP contribution in [-0.4, -0.2) is 39.7 Å². The van der Waals surface area contributed by atoms with Gasteiger partial charge in [0.1, 0.15) is 5.75 Å². The summed E-state index contributed by atoms with van der Waals surface area (Å²) in [5.74, 6) is -0.513. The molecule has 0 aliphatic carbocycles. The van der Waals surface area contributed by atoms with Crippen molar-refractivity contribution in [3.05, 3.63) is 29.8 Å². The number of esters is 1. The van der Waals surface area contributed by atoms with Gasteiger partial charge in [-0.1, -0.05) is 25.5 Å². The molecule has 27 heavy (non-hydrogen) atoms. The molecule has 1 rings (SSSR count). The fraction of sp³-hybridized carbons (Fsp3) is 0.588. The van der Waals surface area contributed by atoms with Crippen molar-refractivity contribution in [1.82, 2.24) is 0 Å². The van der Waals surface area contributed by atoms with Crippen molar-refractivity contribution in [3.8, 4) is 5.75 Å². The van der Waals surface area contributed by atoms with Crippen LogP contribution in [-0.2, 0) is 30.3 Å². The second kappa shape index (κ2) is 10.5. The average molecular weight is 412 g/mol. The third kappa shape index (κ3) is 7.76. The van der Waals surface area contributed by atoms with E-state index in [2.05, 4.69) is 8.92 Å². The first-order chi connectivity index (χ1) is 12.6. The maximum atomic E-state index is 12.4. The molecule has 0 bridgehead atoms. The number of benzene rings is 1. The van der Waals surface area contributed by atoms with Crippen molar-refractivity contribution >= 4 is 16.1 Å². The molecule has 0 unspecified atom stereocenters. The van der Waals surface area contributed by atoms with Gasteiger partial charge in [0.25, 0.3) is 0 Å². The fourth-order valence-corrected chi connectivity index (χ4v) is 2.75. The van der Waals surface area contributed by atoms with Gasteiger partial charge in [0.05, 0.1) is 13.7 Å². The van der Waals surface area contributed by atoms with Crippen LogP contribution in [0, 0.1) is 0 Å². The van der Waals surface area contributed by atoms with Gasteiger partial charge in [-0.15, -0.1) is 0 Å². The lowest BCUT2D eigenvalue weighted by Crippen LogP contribution is -2.34. The molecule has 10 heteroatoms. The van der Waals surface area contributed by atoms with Crippen molar-refractivity contribution in [3.63, 3.8) is 0 Å². The van der Waals surface area contributed by atoms with E-state index < -0.39 is 27.7 Å². The van der Waals surface area contributed by atoms with Gasteiger partial charge in [0.2, 0.25) is 0 Å². The minimum atomic E-state index is -5.89. The molecule has 0 amide bonds. The first-order valence-electron chi connectivity index (χ1n) is 8.40. The molecule has 0 N–H and O–H groups in total. The van der Waals surface area contributed by atoms with Crippen LogP contribution in [0.3, 0.4) is 0 Å². The smallest absolute Gasteiger partial charge is 0.494 e. The van der Waals surface area contributed by atoms with E-state index in [1.807, 2.05) is 6.92 Å². The van der Waals surface area contributed by atoms with Gasteiger partial charge in [-0.05, 0) is 43.4 Å². The Kier molecular flexibility index (Phi) is 9.04. The summed E-state index contributed by atoms with van der Waals surface area (Å²) < 4.78 is 73.5.